The van der Waals surface area contributed by atoms with E-state index in [1.54, 1.807) is 18.3 Å². The molecule has 1 saturated heterocycles. The van der Waals surface area contributed by atoms with Crippen molar-refractivity contribution in [1.29, 1.82) is 0 Å². The molecule has 1 aliphatic carbocycles. The maximum atomic E-state index is 13.2. The summed E-state index contributed by atoms with van der Waals surface area (Å²) in [5.74, 6) is 0.0304. The number of carbonyl (C=O) groups is 1. The first-order valence-corrected chi connectivity index (χ1v) is 8.82. The number of carbonyl (C=O) groups excluding carboxylic acids is 1. The van der Waals surface area contributed by atoms with Gasteiger partial charge in [0.25, 0.3) is 0 Å². The van der Waals surface area contributed by atoms with Crippen LogP contribution in [-0.4, -0.2) is 35.0 Å². The lowest BCUT2D eigenvalue weighted by atomic mass is 9.95. The van der Waals surface area contributed by atoms with Crippen molar-refractivity contribution < 1.29 is 9.18 Å². The van der Waals surface area contributed by atoms with Crippen LogP contribution in [0.2, 0.25) is 0 Å². The molecule has 4 rings (SSSR count). The zero-order chi connectivity index (χ0) is 17.2. The van der Waals surface area contributed by atoms with Gasteiger partial charge in [0.1, 0.15) is 12.1 Å². The molecule has 2 heterocycles. The van der Waals surface area contributed by atoms with Crippen LogP contribution in [0.3, 0.4) is 0 Å². The lowest BCUT2D eigenvalue weighted by molar-refractivity contribution is -0.125. The van der Waals surface area contributed by atoms with Crippen molar-refractivity contribution in [1.82, 2.24) is 15.3 Å². The van der Waals surface area contributed by atoms with Gasteiger partial charge in [0.2, 0.25) is 5.91 Å². The van der Waals surface area contributed by atoms with Gasteiger partial charge in [-0.05, 0) is 49.9 Å². The molecule has 0 atom stereocenters. The van der Waals surface area contributed by atoms with Gasteiger partial charge in [-0.3, -0.25) is 4.79 Å². The Kier molecular flexibility index (Phi) is 4.34. The number of aromatic nitrogens is 2. The Balaban J connectivity index is 1.47. The zero-order valence-electron chi connectivity index (χ0n) is 14.0. The lowest BCUT2D eigenvalue weighted by Crippen LogP contribution is -2.41. The van der Waals surface area contributed by atoms with E-state index in [-0.39, 0.29) is 17.6 Å². The second-order valence-corrected chi connectivity index (χ2v) is 6.81. The Labute approximate surface area is 146 Å². The predicted molar refractivity (Wildman–Crippen MR) is 93.5 cm³/mol. The van der Waals surface area contributed by atoms with Crippen LogP contribution in [0, 0.1) is 11.7 Å². The summed E-state index contributed by atoms with van der Waals surface area (Å²) in [5.41, 5.74) is 2.61. The summed E-state index contributed by atoms with van der Waals surface area (Å²) in [6, 6.07) is 6.76. The fourth-order valence-corrected chi connectivity index (χ4v) is 3.31. The number of nitrogens with one attached hydrogen (secondary N) is 1. The molecule has 5 nitrogen and oxygen atoms in total. The molecule has 25 heavy (non-hydrogen) atoms. The highest BCUT2D eigenvalue weighted by atomic mass is 19.1. The van der Waals surface area contributed by atoms with E-state index >= 15 is 0 Å². The molecule has 0 spiro atoms. The third kappa shape index (κ3) is 3.62. The number of benzene rings is 1. The molecule has 0 bridgehead atoms. The van der Waals surface area contributed by atoms with Gasteiger partial charge in [0.15, 0.2) is 0 Å². The summed E-state index contributed by atoms with van der Waals surface area (Å²) in [6.07, 6.45) is 7.21. The van der Waals surface area contributed by atoms with Gasteiger partial charge in [-0.15, -0.1) is 0 Å². The molecule has 0 radical (unpaired) electrons. The van der Waals surface area contributed by atoms with Crippen LogP contribution in [0.15, 0.2) is 36.8 Å². The van der Waals surface area contributed by atoms with Crippen molar-refractivity contribution in [2.75, 3.05) is 18.0 Å². The van der Waals surface area contributed by atoms with E-state index in [1.807, 2.05) is 0 Å². The fourth-order valence-electron chi connectivity index (χ4n) is 3.31. The van der Waals surface area contributed by atoms with Gasteiger partial charge in [0.05, 0.1) is 17.6 Å². The first kappa shape index (κ1) is 16.0. The van der Waals surface area contributed by atoms with Crippen LogP contribution in [0.4, 0.5) is 10.1 Å². The number of amides is 1. The summed E-state index contributed by atoms with van der Waals surface area (Å²) in [5, 5.41) is 3.10. The van der Waals surface area contributed by atoms with E-state index in [0.717, 1.165) is 55.7 Å². The molecule has 130 valence electrons. The number of hydrogen-bond donors (Lipinski definition) is 1. The van der Waals surface area contributed by atoms with E-state index in [2.05, 4.69) is 20.2 Å². The molecule has 2 aromatic rings. The van der Waals surface area contributed by atoms with Crippen molar-refractivity contribution >= 4 is 11.6 Å². The van der Waals surface area contributed by atoms with E-state index in [4.69, 9.17) is 0 Å². The van der Waals surface area contributed by atoms with Crippen LogP contribution in [0.25, 0.3) is 11.3 Å². The molecular formula is C19H21FN4O. The molecule has 1 aliphatic heterocycles. The largest absolute Gasteiger partial charge is 0.368 e. The van der Waals surface area contributed by atoms with Crippen molar-refractivity contribution in [2.45, 2.75) is 31.7 Å². The van der Waals surface area contributed by atoms with Crippen LogP contribution in [0.1, 0.15) is 25.7 Å². The summed E-state index contributed by atoms with van der Waals surface area (Å²) < 4.78 is 13.2. The molecule has 1 amide bonds. The monoisotopic (exact) mass is 340 g/mol. The smallest absolute Gasteiger partial charge is 0.223 e. The van der Waals surface area contributed by atoms with Gasteiger partial charge < -0.3 is 10.2 Å². The normalized spacial score (nSPS) is 18.2. The highest BCUT2D eigenvalue weighted by Crippen LogP contribution is 2.31. The number of nitrogens with zero attached hydrogens (tertiary/aromatic N) is 3. The average molecular weight is 340 g/mol. The predicted octanol–water partition coefficient (Wildman–Crippen LogP) is 2.78. The highest BCUT2D eigenvalue weighted by molar-refractivity contribution is 5.80. The summed E-state index contributed by atoms with van der Waals surface area (Å²) in [7, 11) is 0. The van der Waals surface area contributed by atoms with E-state index in [0.29, 0.717) is 6.04 Å². The van der Waals surface area contributed by atoms with E-state index in [1.165, 1.54) is 18.5 Å². The van der Waals surface area contributed by atoms with Crippen molar-refractivity contribution in [3.63, 3.8) is 0 Å². The number of anilines is 1. The Morgan fingerprint density at radius 1 is 1.12 bits per heavy atom. The molecule has 1 saturated carbocycles. The first-order valence-electron chi connectivity index (χ1n) is 8.82. The topological polar surface area (TPSA) is 58.1 Å². The van der Waals surface area contributed by atoms with E-state index in [9.17, 15) is 9.18 Å². The molecule has 2 fully saturated rings. The van der Waals surface area contributed by atoms with Crippen LogP contribution in [-0.2, 0) is 4.79 Å². The number of hydrogen-bond acceptors (Lipinski definition) is 4. The SMILES string of the molecule is O=C(NC1CC1)C1CCN(c2cncnc2-c2ccc(F)cc2)CC1. The molecule has 1 aromatic carbocycles. The first-order chi connectivity index (χ1) is 12.2. The van der Waals surface area contributed by atoms with E-state index < -0.39 is 0 Å². The van der Waals surface area contributed by atoms with Crippen LogP contribution in [0.5, 0.6) is 0 Å². The Bertz CT molecular complexity index is 752. The minimum atomic E-state index is -0.262. The minimum absolute atomic E-state index is 0.0933. The van der Waals surface area contributed by atoms with Crippen molar-refractivity contribution in [2.24, 2.45) is 5.92 Å². The standard InChI is InChI=1S/C19H21FN4O/c20-15-3-1-13(2-4-15)18-17(11-21-12-22-18)24-9-7-14(8-10-24)19(25)23-16-5-6-16/h1-4,11-12,14,16H,5-10H2,(H,23,25). The Morgan fingerprint density at radius 3 is 2.52 bits per heavy atom. The van der Waals surface area contributed by atoms with Gasteiger partial charge in [-0.25, -0.2) is 14.4 Å². The molecule has 1 N–H and O–H groups in total. The summed E-state index contributed by atoms with van der Waals surface area (Å²) >= 11 is 0. The van der Waals surface area contributed by atoms with Crippen molar-refractivity contribution in [3.8, 4) is 11.3 Å². The third-order valence-corrected chi connectivity index (χ3v) is 4.94. The minimum Gasteiger partial charge on any atom is -0.368 e. The summed E-state index contributed by atoms with van der Waals surface area (Å²) in [4.78, 5) is 23.0. The molecule has 6 heteroatoms. The number of halogens is 1. The number of piperidine rings is 1. The quantitative estimate of drug-likeness (QED) is 0.930. The van der Waals surface area contributed by atoms with Crippen LogP contribution < -0.4 is 10.2 Å². The van der Waals surface area contributed by atoms with Gasteiger partial charge in [-0.2, -0.15) is 0 Å². The molecule has 0 unspecified atom stereocenters. The number of rotatable bonds is 4. The molecule has 2 aliphatic rings. The fraction of sp³-hybridized carbons (Fsp3) is 0.421. The average Bonchev–Trinajstić information content (AvgIpc) is 3.46. The van der Waals surface area contributed by atoms with Crippen LogP contribution >= 0.6 is 0 Å². The maximum Gasteiger partial charge on any atom is 0.223 e. The second kappa shape index (κ2) is 6.78. The maximum absolute atomic E-state index is 13.2. The lowest BCUT2D eigenvalue weighted by Gasteiger charge is -2.33. The third-order valence-electron chi connectivity index (χ3n) is 4.94. The van der Waals surface area contributed by atoms with Gasteiger partial charge in [0, 0.05) is 30.6 Å². The Hall–Kier alpha value is -2.50. The van der Waals surface area contributed by atoms with Gasteiger partial charge >= 0.3 is 0 Å². The second-order valence-electron chi connectivity index (χ2n) is 6.81. The zero-order valence-corrected chi connectivity index (χ0v) is 14.0. The highest BCUT2D eigenvalue weighted by Gasteiger charge is 2.30. The molecule has 1 aromatic heterocycles. The van der Waals surface area contributed by atoms with Gasteiger partial charge in [-0.1, -0.05) is 0 Å². The summed E-state index contributed by atoms with van der Waals surface area (Å²) in [6.45, 7) is 1.59. The Morgan fingerprint density at radius 2 is 1.84 bits per heavy atom. The molecular weight excluding hydrogens is 319 g/mol. The van der Waals surface area contributed by atoms with Crippen molar-refractivity contribution in [3.05, 3.63) is 42.6 Å².